The summed E-state index contributed by atoms with van der Waals surface area (Å²) in [5.74, 6) is 0.468. The topological polar surface area (TPSA) is 97.6 Å². The predicted molar refractivity (Wildman–Crippen MR) is 101 cm³/mol. The Morgan fingerprint density at radius 2 is 1.93 bits per heavy atom. The van der Waals surface area contributed by atoms with Gasteiger partial charge in [-0.25, -0.2) is 14.8 Å². The highest BCUT2D eigenvalue weighted by Gasteiger charge is 2.40. The van der Waals surface area contributed by atoms with Crippen molar-refractivity contribution in [1.29, 1.82) is 0 Å². The molecule has 0 radical (unpaired) electrons. The minimum absolute atomic E-state index is 0.231. The predicted octanol–water partition coefficient (Wildman–Crippen LogP) is 3.65. The second-order valence-electron chi connectivity index (χ2n) is 6.53. The molecule has 144 valence electrons. The number of aromatic nitrogens is 2. The highest BCUT2D eigenvalue weighted by Crippen LogP contribution is 2.35. The van der Waals surface area contributed by atoms with Gasteiger partial charge in [-0.1, -0.05) is 19.1 Å². The molecule has 1 fully saturated rings. The van der Waals surface area contributed by atoms with Gasteiger partial charge in [-0.15, -0.1) is 0 Å². The Bertz CT molecular complexity index is 992. The zero-order valence-corrected chi connectivity index (χ0v) is 15.6. The third-order valence-electron chi connectivity index (χ3n) is 4.99. The van der Waals surface area contributed by atoms with Gasteiger partial charge in [0.2, 0.25) is 17.5 Å². The van der Waals surface area contributed by atoms with E-state index in [1.165, 1.54) is 12.6 Å². The Morgan fingerprint density at radius 3 is 2.64 bits per heavy atom. The fourth-order valence-electron chi connectivity index (χ4n) is 3.61. The number of urea groups is 1. The maximum atomic E-state index is 12.3. The fraction of sp³-hybridized carbons (Fsp3) is 0.300. The lowest BCUT2D eigenvalue weighted by molar-refractivity contribution is -0.128. The van der Waals surface area contributed by atoms with E-state index in [0.717, 1.165) is 5.56 Å². The van der Waals surface area contributed by atoms with E-state index >= 15 is 0 Å². The molecule has 0 bridgehead atoms. The van der Waals surface area contributed by atoms with Gasteiger partial charge >= 0.3 is 6.03 Å². The second kappa shape index (κ2) is 7.30. The van der Waals surface area contributed by atoms with Crippen molar-refractivity contribution in [2.24, 2.45) is 5.92 Å². The number of furan rings is 1. The lowest BCUT2D eigenvalue weighted by atomic mass is 9.87. The van der Waals surface area contributed by atoms with E-state index in [9.17, 15) is 9.59 Å². The summed E-state index contributed by atoms with van der Waals surface area (Å²) < 4.78 is 11.1. The van der Waals surface area contributed by atoms with Crippen molar-refractivity contribution >= 4 is 23.0 Å². The molecule has 1 aliphatic heterocycles. The lowest BCUT2D eigenvalue weighted by Crippen LogP contribution is -2.55. The van der Waals surface area contributed by atoms with Gasteiger partial charge in [0.1, 0.15) is 17.5 Å². The molecule has 4 rings (SSSR count). The molecule has 3 amide bonds. The van der Waals surface area contributed by atoms with Crippen LogP contribution < -0.4 is 10.1 Å². The van der Waals surface area contributed by atoms with Crippen LogP contribution in [0.25, 0.3) is 11.1 Å². The summed E-state index contributed by atoms with van der Waals surface area (Å²) in [7, 11) is 0. The first-order valence-corrected chi connectivity index (χ1v) is 9.19. The molecule has 2 aromatic heterocycles. The molecule has 0 aliphatic carbocycles. The third-order valence-corrected chi connectivity index (χ3v) is 4.99. The van der Waals surface area contributed by atoms with Crippen molar-refractivity contribution in [3.05, 3.63) is 48.5 Å². The number of rotatable bonds is 5. The van der Waals surface area contributed by atoms with Crippen molar-refractivity contribution in [3.63, 3.8) is 0 Å². The van der Waals surface area contributed by atoms with Crippen LogP contribution in [0.1, 0.15) is 31.9 Å². The van der Waals surface area contributed by atoms with Crippen LogP contribution in [0.2, 0.25) is 0 Å². The molecule has 3 heterocycles. The Kier molecular flexibility index (Phi) is 4.68. The molecule has 1 aromatic carbocycles. The molecule has 8 heteroatoms. The molecular formula is C20H20N4O4. The molecule has 8 nitrogen and oxygen atoms in total. The number of fused-ring (bicyclic) bond motifs is 1. The number of amides is 3. The summed E-state index contributed by atoms with van der Waals surface area (Å²) in [4.78, 5) is 34.4. The zero-order chi connectivity index (χ0) is 19.7. The number of ether oxygens (including phenoxy) is 1. The standard InChI is InChI=1S/C20H20N4O4/c1-3-14-16(24(4-2)20(26)23-17(14)25)12-5-7-13(8-6-12)28-19-15-9-10-27-18(15)21-11-22-19/h5-11,14,16H,3-4H2,1-2H3,(H,23,25,26). The molecule has 0 saturated carbocycles. The van der Waals surface area contributed by atoms with E-state index in [1.807, 2.05) is 26.0 Å². The Balaban J connectivity index is 1.62. The first kappa shape index (κ1) is 18.0. The summed E-state index contributed by atoms with van der Waals surface area (Å²) >= 11 is 0. The first-order chi connectivity index (χ1) is 13.6. The van der Waals surface area contributed by atoms with E-state index in [4.69, 9.17) is 9.15 Å². The summed E-state index contributed by atoms with van der Waals surface area (Å²) in [5, 5.41) is 3.12. The smallest absolute Gasteiger partial charge is 0.324 e. The van der Waals surface area contributed by atoms with Crippen LogP contribution in [-0.4, -0.2) is 33.4 Å². The van der Waals surface area contributed by atoms with Crippen molar-refractivity contribution in [1.82, 2.24) is 20.2 Å². The largest absolute Gasteiger partial charge is 0.446 e. The number of hydrogen-bond acceptors (Lipinski definition) is 6. The van der Waals surface area contributed by atoms with Crippen LogP contribution in [0, 0.1) is 5.92 Å². The van der Waals surface area contributed by atoms with Crippen LogP contribution in [-0.2, 0) is 4.79 Å². The van der Waals surface area contributed by atoms with Gasteiger partial charge in [-0.2, -0.15) is 0 Å². The minimum atomic E-state index is -0.356. The number of hydrogen-bond donors (Lipinski definition) is 1. The highest BCUT2D eigenvalue weighted by atomic mass is 16.5. The second-order valence-corrected chi connectivity index (χ2v) is 6.53. The summed E-state index contributed by atoms with van der Waals surface area (Å²) in [6.45, 7) is 4.36. The zero-order valence-electron chi connectivity index (χ0n) is 15.6. The van der Waals surface area contributed by atoms with Gasteiger partial charge in [0.15, 0.2) is 0 Å². The van der Waals surface area contributed by atoms with Crippen LogP contribution in [0.15, 0.2) is 47.3 Å². The maximum absolute atomic E-state index is 12.3. The average molecular weight is 380 g/mol. The molecule has 2 unspecified atom stereocenters. The lowest BCUT2D eigenvalue weighted by Gasteiger charge is -2.39. The molecule has 1 N–H and O–H groups in total. The molecule has 28 heavy (non-hydrogen) atoms. The number of imide groups is 1. The molecular weight excluding hydrogens is 360 g/mol. The Labute approximate surface area is 161 Å². The SMILES string of the molecule is CCC1C(=O)NC(=O)N(CC)C1c1ccc(Oc2ncnc3occc23)cc1. The molecule has 3 aromatic rings. The molecule has 2 atom stereocenters. The summed E-state index contributed by atoms with van der Waals surface area (Å²) in [6, 6.07) is 8.46. The number of carbonyl (C=O) groups excluding carboxylic acids is 2. The molecule has 1 aliphatic rings. The van der Waals surface area contributed by atoms with Gasteiger partial charge in [0, 0.05) is 6.54 Å². The van der Waals surface area contributed by atoms with Crippen LogP contribution in [0.5, 0.6) is 11.6 Å². The van der Waals surface area contributed by atoms with E-state index in [-0.39, 0.29) is 23.9 Å². The number of nitrogens with zero attached hydrogens (tertiary/aromatic N) is 3. The average Bonchev–Trinajstić information content (AvgIpc) is 3.18. The Morgan fingerprint density at radius 1 is 1.14 bits per heavy atom. The van der Waals surface area contributed by atoms with Gasteiger partial charge in [-0.3, -0.25) is 10.1 Å². The van der Waals surface area contributed by atoms with E-state index in [1.54, 1.807) is 23.1 Å². The normalized spacial score (nSPS) is 19.7. The van der Waals surface area contributed by atoms with E-state index in [0.29, 0.717) is 35.7 Å². The quantitative estimate of drug-likeness (QED) is 0.725. The number of nitrogens with one attached hydrogen (secondary N) is 1. The number of benzene rings is 1. The fourth-order valence-corrected chi connectivity index (χ4v) is 3.61. The summed E-state index contributed by atoms with van der Waals surface area (Å²) in [5.41, 5.74) is 1.35. The molecule has 1 saturated heterocycles. The third kappa shape index (κ3) is 3.06. The van der Waals surface area contributed by atoms with Gasteiger partial charge < -0.3 is 14.1 Å². The Hall–Kier alpha value is -3.42. The van der Waals surface area contributed by atoms with Crippen molar-refractivity contribution in [2.75, 3.05) is 6.54 Å². The highest BCUT2D eigenvalue weighted by molar-refractivity contribution is 5.98. The number of carbonyl (C=O) groups is 2. The van der Waals surface area contributed by atoms with Gasteiger partial charge in [-0.05, 0) is 37.1 Å². The van der Waals surface area contributed by atoms with Crippen molar-refractivity contribution in [2.45, 2.75) is 26.3 Å². The van der Waals surface area contributed by atoms with Crippen LogP contribution >= 0.6 is 0 Å². The summed E-state index contributed by atoms with van der Waals surface area (Å²) in [6.07, 6.45) is 3.55. The van der Waals surface area contributed by atoms with E-state index in [2.05, 4.69) is 15.3 Å². The first-order valence-electron chi connectivity index (χ1n) is 9.19. The van der Waals surface area contributed by atoms with E-state index < -0.39 is 0 Å². The van der Waals surface area contributed by atoms with Crippen molar-refractivity contribution in [3.8, 4) is 11.6 Å². The van der Waals surface area contributed by atoms with Gasteiger partial charge in [0.25, 0.3) is 0 Å². The monoisotopic (exact) mass is 380 g/mol. The van der Waals surface area contributed by atoms with Crippen molar-refractivity contribution < 1.29 is 18.7 Å². The van der Waals surface area contributed by atoms with Crippen LogP contribution in [0.4, 0.5) is 4.79 Å². The van der Waals surface area contributed by atoms with Gasteiger partial charge in [0.05, 0.1) is 18.2 Å². The minimum Gasteiger partial charge on any atom is -0.446 e. The molecule has 0 spiro atoms. The maximum Gasteiger partial charge on any atom is 0.324 e. The van der Waals surface area contributed by atoms with Crippen LogP contribution in [0.3, 0.4) is 0 Å².